The lowest BCUT2D eigenvalue weighted by molar-refractivity contribution is -0.143. The van der Waals surface area contributed by atoms with Crippen molar-refractivity contribution in [3.63, 3.8) is 0 Å². The molecule has 8 nitrogen and oxygen atoms in total. The van der Waals surface area contributed by atoms with E-state index in [1.807, 2.05) is 42.5 Å². The van der Waals surface area contributed by atoms with Crippen LogP contribution in [0.2, 0.25) is 5.02 Å². The van der Waals surface area contributed by atoms with Crippen LogP contribution >= 0.6 is 11.6 Å². The van der Waals surface area contributed by atoms with Gasteiger partial charge in [-0.15, -0.1) is 5.10 Å². The molecule has 0 aliphatic rings. The summed E-state index contributed by atoms with van der Waals surface area (Å²) in [6, 6.07) is 17.1. The van der Waals surface area contributed by atoms with Crippen LogP contribution in [0.25, 0.3) is 11.0 Å². The smallest absolute Gasteiger partial charge is 0.250 e. The predicted octanol–water partition coefficient (Wildman–Crippen LogP) is 4.61. The summed E-state index contributed by atoms with van der Waals surface area (Å²) in [6.45, 7) is 4.70. The van der Waals surface area contributed by atoms with Gasteiger partial charge >= 0.3 is 0 Å². The third-order valence-corrected chi connectivity index (χ3v) is 6.09. The first-order valence-corrected chi connectivity index (χ1v) is 11.9. The van der Waals surface area contributed by atoms with E-state index in [1.165, 1.54) is 15.8 Å². The molecule has 4 rings (SSSR count). The highest BCUT2D eigenvalue weighted by molar-refractivity contribution is 6.31. The number of hydrogen-bond acceptors (Lipinski definition) is 5. The fourth-order valence-corrected chi connectivity index (χ4v) is 4.03. The van der Waals surface area contributed by atoms with E-state index in [9.17, 15) is 9.59 Å². The molecule has 2 heterocycles. The maximum atomic E-state index is 13.8. The molecule has 182 valence electrons. The number of amides is 2. The van der Waals surface area contributed by atoms with Crippen molar-refractivity contribution in [1.82, 2.24) is 25.2 Å². The molecule has 1 N–H and O–H groups in total. The van der Waals surface area contributed by atoms with Gasteiger partial charge in [-0.3, -0.25) is 9.59 Å². The van der Waals surface area contributed by atoms with Gasteiger partial charge in [0.15, 0.2) is 6.04 Å². The summed E-state index contributed by atoms with van der Waals surface area (Å²) < 4.78 is 7.16. The second-order valence-electron chi connectivity index (χ2n) is 8.74. The van der Waals surface area contributed by atoms with Crippen LogP contribution in [-0.2, 0) is 22.7 Å². The third kappa shape index (κ3) is 5.89. The van der Waals surface area contributed by atoms with E-state index in [0.717, 1.165) is 17.5 Å². The number of para-hydroxylation sites is 1. The number of nitrogens with one attached hydrogen (secondary N) is 1. The maximum Gasteiger partial charge on any atom is 0.250 e. The Balaban J connectivity index is 1.68. The normalized spacial score (nSPS) is 12.1. The summed E-state index contributed by atoms with van der Waals surface area (Å²) in [5, 5.41) is 11.8. The van der Waals surface area contributed by atoms with E-state index in [1.54, 1.807) is 18.2 Å². The molecule has 9 heteroatoms. The average Bonchev–Trinajstić information content (AvgIpc) is 3.50. The van der Waals surface area contributed by atoms with Crippen LogP contribution in [0.5, 0.6) is 0 Å². The second kappa shape index (κ2) is 11.2. The Labute approximate surface area is 208 Å². The molecule has 2 aromatic carbocycles. The van der Waals surface area contributed by atoms with Crippen molar-refractivity contribution in [1.29, 1.82) is 0 Å². The minimum atomic E-state index is -0.976. The number of nitrogens with zero attached hydrogens (tertiary/aromatic N) is 4. The molecule has 2 aromatic heterocycles. The largest absolute Gasteiger partial charge is 0.467 e. The zero-order valence-corrected chi connectivity index (χ0v) is 20.5. The van der Waals surface area contributed by atoms with Gasteiger partial charge in [0.1, 0.15) is 17.8 Å². The fraction of sp³-hybridized carbons (Fsp3) is 0.308. The Morgan fingerprint density at radius 2 is 1.86 bits per heavy atom. The lowest BCUT2D eigenvalue weighted by Crippen LogP contribution is -2.44. The average molecular weight is 494 g/mol. The molecule has 0 saturated carbocycles. The van der Waals surface area contributed by atoms with Crippen LogP contribution in [-0.4, -0.2) is 38.3 Å². The van der Waals surface area contributed by atoms with E-state index in [4.69, 9.17) is 16.0 Å². The number of aromatic nitrogens is 3. The van der Waals surface area contributed by atoms with Crippen LogP contribution in [0.15, 0.2) is 71.3 Å². The van der Waals surface area contributed by atoms with Gasteiger partial charge in [-0.1, -0.05) is 61.0 Å². The van der Waals surface area contributed by atoms with Crippen molar-refractivity contribution >= 4 is 34.4 Å². The minimum absolute atomic E-state index is 0.0958. The summed E-state index contributed by atoms with van der Waals surface area (Å²) in [4.78, 5) is 28.7. The quantitative estimate of drug-likeness (QED) is 0.348. The summed E-state index contributed by atoms with van der Waals surface area (Å²) in [5.74, 6) is 0.167. The molecule has 0 fully saturated rings. The number of hydrogen-bond donors (Lipinski definition) is 1. The minimum Gasteiger partial charge on any atom is -0.467 e. The highest BCUT2D eigenvalue weighted by atomic mass is 35.5. The van der Waals surface area contributed by atoms with Gasteiger partial charge < -0.3 is 14.6 Å². The number of fused-ring (bicyclic) bond motifs is 1. The van der Waals surface area contributed by atoms with Crippen LogP contribution in [0.3, 0.4) is 0 Å². The molecule has 2 amide bonds. The first kappa shape index (κ1) is 24.5. The summed E-state index contributed by atoms with van der Waals surface area (Å²) >= 11 is 6.43. The van der Waals surface area contributed by atoms with Crippen molar-refractivity contribution in [2.75, 3.05) is 6.54 Å². The lowest BCUT2D eigenvalue weighted by atomic mass is 10.1. The molecular weight excluding hydrogens is 466 g/mol. The van der Waals surface area contributed by atoms with Crippen molar-refractivity contribution in [3.8, 4) is 0 Å². The van der Waals surface area contributed by atoms with Crippen molar-refractivity contribution in [3.05, 3.63) is 83.3 Å². The highest BCUT2D eigenvalue weighted by Gasteiger charge is 2.34. The van der Waals surface area contributed by atoms with E-state index in [0.29, 0.717) is 28.8 Å². The summed E-state index contributed by atoms with van der Waals surface area (Å²) in [6.07, 6.45) is 2.31. The molecule has 4 aromatic rings. The first-order chi connectivity index (χ1) is 16.9. The molecule has 0 spiro atoms. The standard InChI is InChI=1S/C26H28ClN5O3/c1-18(2)13-14-28-26(34)25(23-12-7-15-35-23)31(16-19-8-3-4-9-20(19)27)24(33)17-32-22-11-6-5-10-21(22)29-30-32/h3-12,15,18,25H,13-14,16-17H2,1-2H3,(H,28,34)/t25-/m1/s1. The molecule has 1 atom stereocenters. The van der Waals surface area contributed by atoms with Gasteiger partial charge in [-0.05, 0) is 48.2 Å². The molecule has 0 aliphatic carbocycles. The van der Waals surface area contributed by atoms with Crippen molar-refractivity contribution in [2.24, 2.45) is 5.92 Å². The molecule has 0 saturated heterocycles. The molecule has 35 heavy (non-hydrogen) atoms. The Morgan fingerprint density at radius 1 is 1.09 bits per heavy atom. The topological polar surface area (TPSA) is 93.3 Å². The van der Waals surface area contributed by atoms with Crippen LogP contribution in [0, 0.1) is 5.92 Å². The van der Waals surface area contributed by atoms with Crippen LogP contribution < -0.4 is 5.32 Å². The lowest BCUT2D eigenvalue weighted by Gasteiger charge is -2.30. The Morgan fingerprint density at radius 3 is 2.60 bits per heavy atom. The molecule has 0 unspecified atom stereocenters. The predicted molar refractivity (Wildman–Crippen MR) is 133 cm³/mol. The fourth-order valence-electron chi connectivity index (χ4n) is 3.84. The van der Waals surface area contributed by atoms with Gasteiger partial charge in [0.25, 0.3) is 5.91 Å². The van der Waals surface area contributed by atoms with E-state index in [-0.39, 0.29) is 24.9 Å². The van der Waals surface area contributed by atoms with E-state index < -0.39 is 6.04 Å². The van der Waals surface area contributed by atoms with Crippen molar-refractivity contribution < 1.29 is 14.0 Å². The maximum absolute atomic E-state index is 13.8. The third-order valence-electron chi connectivity index (χ3n) is 5.72. The van der Waals surface area contributed by atoms with E-state index in [2.05, 4.69) is 29.5 Å². The number of carbonyl (C=O) groups excluding carboxylic acids is 2. The Kier molecular flexibility index (Phi) is 7.82. The monoisotopic (exact) mass is 493 g/mol. The number of halogens is 1. The van der Waals surface area contributed by atoms with Crippen molar-refractivity contribution in [2.45, 2.75) is 39.4 Å². The number of carbonyl (C=O) groups is 2. The number of furan rings is 1. The summed E-state index contributed by atoms with van der Waals surface area (Å²) in [5.41, 5.74) is 2.14. The SMILES string of the molecule is CC(C)CCNC(=O)[C@@H](c1ccco1)N(Cc1ccccc1Cl)C(=O)Cn1nnc2ccccc21. The first-order valence-electron chi connectivity index (χ1n) is 11.6. The molecule has 0 radical (unpaired) electrons. The van der Waals surface area contributed by atoms with Gasteiger partial charge in [0.2, 0.25) is 5.91 Å². The Hall–Kier alpha value is -3.65. The van der Waals surface area contributed by atoms with Crippen LogP contribution in [0.1, 0.15) is 37.6 Å². The highest BCUT2D eigenvalue weighted by Crippen LogP contribution is 2.27. The Bertz CT molecular complexity index is 1290. The zero-order valence-electron chi connectivity index (χ0n) is 19.7. The number of rotatable bonds is 10. The van der Waals surface area contributed by atoms with Crippen LogP contribution in [0.4, 0.5) is 0 Å². The van der Waals surface area contributed by atoms with Gasteiger partial charge in [-0.2, -0.15) is 0 Å². The van der Waals surface area contributed by atoms with E-state index >= 15 is 0 Å². The second-order valence-corrected chi connectivity index (χ2v) is 9.15. The molecule has 0 bridgehead atoms. The summed E-state index contributed by atoms with van der Waals surface area (Å²) in [7, 11) is 0. The zero-order chi connectivity index (χ0) is 24.8. The molecular formula is C26H28ClN5O3. The number of benzene rings is 2. The van der Waals surface area contributed by atoms with Gasteiger partial charge in [-0.25, -0.2) is 4.68 Å². The van der Waals surface area contributed by atoms with Gasteiger partial charge in [0, 0.05) is 18.1 Å². The molecule has 0 aliphatic heterocycles. The van der Waals surface area contributed by atoms with Gasteiger partial charge in [0.05, 0.1) is 11.8 Å².